The van der Waals surface area contributed by atoms with Gasteiger partial charge in [-0.3, -0.25) is 0 Å². The summed E-state index contributed by atoms with van der Waals surface area (Å²) in [4.78, 5) is 2.31. The van der Waals surface area contributed by atoms with E-state index in [0.29, 0.717) is 6.04 Å². The third-order valence-electron chi connectivity index (χ3n) is 3.78. The lowest BCUT2D eigenvalue weighted by molar-refractivity contribution is 0.117. The molecule has 0 amide bonds. The van der Waals surface area contributed by atoms with Crippen LogP contribution in [0.3, 0.4) is 0 Å². The van der Waals surface area contributed by atoms with Gasteiger partial charge in [0.25, 0.3) is 0 Å². The Morgan fingerprint density at radius 1 is 1.25 bits per heavy atom. The summed E-state index contributed by atoms with van der Waals surface area (Å²) in [6, 6.07) is 11.0. The highest BCUT2D eigenvalue weighted by atomic mass is 15.2. The van der Waals surface area contributed by atoms with E-state index in [-0.39, 0.29) is 5.54 Å². The average Bonchev–Trinajstić information content (AvgIpc) is 2.30. The van der Waals surface area contributed by atoms with Crippen LogP contribution in [0.2, 0.25) is 0 Å². The Morgan fingerprint density at radius 3 is 2.19 bits per heavy atom. The van der Waals surface area contributed by atoms with Crippen molar-refractivity contribution in [2.75, 3.05) is 21.1 Å². The molecule has 1 N–H and O–H groups in total. The number of nitrogens with zero attached hydrogens (tertiary/aromatic N) is 1. The maximum absolute atomic E-state index is 3.45. The minimum atomic E-state index is 0.135. The fraction of sp³-hybridized carbons (Fsp3) is 0.571. The van der Waals surface area contributed by atoms with E-state index in [4.69, 9.17) is 0 Å². The van der Waals surface area contributed by atoms with Gasteiger partial charge in [-0.25, -0.2) is 0 Å². The third kappa shape index (κ3) is 2.45. The Labute approximate surface area is 99.7 Å². The van der Waals surface area contributed by atoms with Gasteiger partial charge < -0.3 is 10.2 Å². The summed E-state index contributed by atoms with van der Waals surface area (Å²) in [5.41, 5.74) is 1.49. The Balaban J connectivity index is 3.06. The van der Waals surface area contributed by atoms with Gasteiger partial charge in [0.15, 0.2) is 0 Å². The molecule has 0 aliphatic carbocycles. The second-order valence-electron chi connectivity index (χ2n) is 4.74. The van der Waals surface area contributed by atoms with E-state index in [9.17, 15) is 0 Å². The van der Waals surface area contributed by atoms with Gasteiger partial charge in [0.1, 0.15) is 0 Å². The lowest BCUT2D eigenvalue weighted by atomic mass is 9.83. The van der Waals surface area contributed by atoms with E-state index in [2.05, 4.69) is 68.5 Å². The molecule has 1 aromatic carbocycles. The van der Waals surface area contributed by atoms with Crippen LogP contribution >= 0.6 is 0 Å². The number of likely N-dealkylation sites (N-methyl/N-ethyl adjacent to an activating group) is 2. The quantitative estimate of drug-likeness (QED) is 0.820. The van der Waals surface area contributed by atoms with Crippen molar-refractivity contribution in [2.45, 2.75) is 31.8 Å². The van der Waals surface area contributed by atoms with E-state index < -0.39 is 0 Å². The third-order valence-corrected chi connectivity index (χ3v) is 3.78. The lowest BCUT2D eigenvalue weighted by Gasteiger charge is -2.43. The molecule has 1 rings (SSSR count). The molecule has 2 heteroatoms. The number of hydrogen-bond donors (Lipinski definition) is 1. The Hall–Kier alpha value is -0.860. The highest BCUT2D eigenvalue weighted by Crippen LogP contribution is 2.32. The van der Waals surface area contributed by atoms with Crippen LogP contribution in [0.25, 0.3) is 0 Å². The first-order chi connectivity index (χ1) is 7.56. The summed E-state index contributed by atoms with van der Waals surface area (Å²) < 4.78 is 0. The van der Waals surface area contributed by atoms with E-state index in [1.54, 1.807) is 0 Å². The number of benzene rings is 1. The highest BCUT2D eigenvalue weighted by Gasteiger charge is 2.34. The molecule has 0 saturated heterocycles. The van der Waals surface area contributed by atoms with Gasteiger partial charge in [-0.1, -0.05) is 37.3 Å². The average molecular weight is 220 g/mol. The molecule has 2 unspecified atom stereocenters. The molecule has 90 valence electrons. The second-order valence-corrected chi connectivity index (χ2v) is 4.74. The van der Waals surface area contributed by atoms with E-state index in [0.717, 1.165) is 6.42 Å². The smallest absolute Gasteiger partial charge is 0.0501 e. The predicted molar refractivity (Wildman–Crippen MR) is 70.6 cm³/mol. The molecule has 0 bridgehead atoms. The zero-order valence-corrected chi connectivity index (χ0v) is 11.1. The Kier molecular flexibility index (Phi) is 4.51. The summed E-state index contributed by atoms with van der Waals surface area (Å²) in [5.74, 6) is 0. The highest BCUT2D eigenvalue weighted by molar-refractivity contribution is 5.22. The molecule has 0 fully saturated rings. The maximum atomic E-state index is 3.45. The molecule has 0 aromatic heterocycles. The van der Waals surface area contributed by atoms with Gasteiger partial charge in [-0.2, -0.15) is 0 Å². The molecular formula is C14H24N2. The van der Waals surface area contributed by atoms with Crippen LogP contribution in [0.1, 0.15) is 31.9 Å². The van der Waals surface area contributed by atoms with Crippen molar-refractivity contribution in [3.05, 3.63) is 35.9 Å². The molecule has 0 radical (unpaired) electrons. The lowest BCUT2D eigenvalue weighted by Crippen LogP contribution is -2.50. The van der Waals surface area contributed by atoms with Crippen LogP contribution in [0, 0.1) is 0 Å². The van der Waals surface area contributed by atoms with E-state index in [1.807, 2.05) is 7.05 Å². The summed E-state index contributed by atoms with van der Waals surface area (Å²) in [6.07, 6.45) is 1.11. The number of nitrogens with one attached hydrogen (secondary N) is 1. The SMILES string of the molecule is CCC(C)(C(NC)c1ccccc1)N(C)C. The van der Waals surface area contributed by atoms with Crippen molar-refractivity contribution >= 4 is 0 Å². The molecule has 0 aliphatic rings. The van der Waals surface area contributed by atoms with Gasteiger partial charge in [-0.05, 0) is 40.1 Å². The van der Waals surface area contributed by atoms with Crippen molar-refractivity contribution in [1.29, 1.82) is 0 Å². The minimum absolute atomic E-state index is 0.135. The molecule has 0 aliphatic heterocycles. The van der Waals surface area contributed by atoms with Crippen LogP contribution in [0.15, 0.2) is 30.3 Å². The van der Waals surface area contributed by atoms with Crippen molar-refractivity contribution < 1.29 is 0 Å². The van der Waals surface area contributed by atoms with Gasteiger partial charge in [0, 0.05) is 5.54 Å². The van der Waals surface area contributed by atoms with Gasteiger partial charge in [-0.15, -0.1) is 0 Å². The fourth-order valence-corrected chi connectivity index (χ4v) is 2.26. The molecule has 16 heavy (non-hydrogen) atoms. The predicted octanol–water partition coefficient (Wildman–Crippen LogP) is 2.68. The molecular weight excluding hydrogens is 196 g/mol. The maximum Gasteiger partial charge on any atom is 0.0501 e. The molecule has 0 spiro atoms. The van der Waals surface area contributed by atoms with Crippen molar-refractivity contribution in [2.24, 2.45) is 0 Å². The number of rotatable bonds is 5. The zero-order chi connectivity index (χ0) is 12.2. The fourth-order valence-electron chi connectivity index (χ4n) is 2.26. The number of hydrogen-bond acceptors (Lipinski definition) is 2. The Morgan fingerprint density at radius 2 is 1.81 bits per heavy atom. The van der Waals surface area contributed by atoms with Crippen molar-refractivity contribution in [3.8, 4) is 0 Å². The van der Waals surface area contributed by atoms with Crippen LogP contribution in [0.4, 0.5) is 0 Å². The van der Waals surface area contributed by atoms with Crippen LogP contribution in [0.5, 0.6) is 0 Å². The van der Waals surface area contributed by atoms with Gasteiger partial charge >= 0.3 is 0 Å². The normalized spacial score (nSPS) is 17.1. The first-order valence-corrected chi connectivity index (χ1v) is 5.96. The van der Waals surface area contributed by atoms with Gasteiger partial charge in [0.2, 0.25) is 0 Å². The zero-order valence-electron chi connectivity index (χ0n) is 11.1. The van der Waals surface area contributed by atoms with Crippen molar-refractivity contribution in [1.82, 2.24) is 10.2 Å². The summed E-state index contributed by atoms with van der Waals surface area (Å²) >= 11 is 0. The van der Waals surface area contributed by atoms with Crippen LogP contribution < -0.4 is 5.32 Å². The monoisotopic (exact) mass is 220 g/mol. The first kappa shape index (κ1) is 13.2. The van der Waals surface area contributed by atoms with Crippen molar-refractivity contribution in [3.63, 3.8) is 0 Å². The molecule has 2 nitrogen and oxygen atoms in total. The summed E-state index contributed by atoms with van der Waals surface area (Å²) in [6.45, 7) is 4.55. The summed E-state index contributed by atoms with van der Waals surface area (Å²) in [7, 11) is 6.34. The van der Waals surface area contributed by atoms with Crippen LogP contribution in [-0.2, 0) is 0 Å². The largest absolute Gasteiger partial charge is 0.311 e. The molecule has 2 atom stereocenters. The minimum Gasteiger partial charge on any atom is -0.311 e. The van der Waals surface area contributed by atoms with Gasteiger partial charge in [0.05, 0.1) is 6.04 Å². The topological polar surface area (TPSA) is 15.3 Å². The Bertz CT molecular complexity index is 308. The molecule has 0 heterocycles. The van der Waals surface area contributed by atoms with E-state index >= 15 is 0 Å². The summed E-state index contributed by atoms with van der Waals surface area (Å²) in [5, 5.41) is 3.45. The van der Waals surface area contributed by atoms with Crippen LogP contribution in [-0.4, -0.2) is 31.6 Å². The standard InChI is InChI=1S/C14H24N2/c1-6-14(2,16(4)5)13(15-3)12-10-8-7-9-11-12/h7-11,13,15H,6H2,1-5H3. The van der Waals surface area contributed by atoms with E-state index in [1.165, 1.54) is 5.56 Å². The molecule has 1 aromatic rings. The second kappa shape index (κ2) is 5.46. The first-order valence-electron chi connectivity index (χ1n) is 5.96. The molecule has 0 saturated carbocycles.